The summed E-state index contributed by atoms with van der Waals surface area (Å²) in [4.78, 5) is 12.4. The van der Waals surface area contributed by atoms with E-state index in [1.165, 1.54) is 12.1 Å². The maximum Gasteiger partial charge on any atom is 0.255 e. The largest absolute Gasteiger partial charge is 0.508 e. The zero-order valence-corrected chi connectivity index (χ0v) is 15.1. The van der Waals surface area contributed by atoms with Crippen molar-refractivity contribution in [1.29, 1.82) is 5.41 Å². The fourth-order valence-electron chi connectivity index (χ4n) is 2.42. The summed E-state index contributed by atoms with van der Waals surface area (Å²) in [6.07, 6.45) is 0.888. The summed E-state index contributed by atoms with van der Waals surface area (Å²) < 4.78 is 0. The first-order valence-electron chi connectivity index (χ1n) is 7.88. The monoisotopic (exact) mass is 373 g/mol. The number of carbonyl (C=O) groups is 1. The number of hydrogen-bond acceptors (Lipinski definition) is 5. The number of benzene rings is 2. The molecule has 136 valence electrons. The number of phenolic OH excluding ortho intramolecular Hbond substituents is 2. The van der Waals surface area contributed by atoms with Crippen LogP contribution in [0.1, 0.15) is 41.3 Å². The number of halogens is 1. The summed E-state index contributed by atoms with van der Waals surface area (Å²) in [6.45, 7) is 3.77. The van der Waals surface area contributed by atoms with E-state index < -0.39 is 5.91 Å². The average Bonchev–Trinajstić information content (AvgIpc) is 2.58. The summed E-state index contributed by atoms with van der Waals surface area (Å²) in [6, 6.07) is 9.08. The van der Waals surface area contributed by atoms with Crippen LogP contribution in [0.2, 0.25) is 5.02 Å². The molecule has 0 aliphatic carbocycles. The lowest BCUT2D eigenvalue weighted by molar-refractivity contribution is 0.0968. The number of rotatable bonds is 5. The Balaban J connectivity index is 2.44. The van der Waals surface area contributed by atoms with Gasteiger partial charge < -0.3 is 26.7 Å². The fraction of sp³-hybridized carbons (Fsp3) is 0.158. The highest BCUT2D eigenvalue weighted by molar-refractivity contribution is 6.31. The zero-order chi connectivity index (χ0) is 19.4. The first-order chi connectivity index (χ1) is 12.2. The molecular weight excluding hydrogens is 354 g/mol. The van der Waals surface area contributed by atoms with E-state index in [1.54, 1.807) is 24.3 Å². The second-order valence-corrected chi connectivity index (χ2v) is 6.46. The molecule has 2 aromatic carbocycles. The van der Waals surface area contributed by atoms with Gasteiger partial charge in [-0.3, -0.25) is 4.79 Å². The molecule has 0 heterocycles. The minimum Gasteiger partial charge on any atom is -0.508 e. The van der Waals surface area contributed by atoms with Crippen molar-refractivity contribution in [3.63, 3.8) is 0 Å². The Bertz CT molecular complexity index is 892. The predicted octanol–water partition coefficient (Wildman–Crippen LogP) is 3.58. The third-order valence-electron chi connectivity index (χ3n) is 3.83. The molecule has 26 heavy (non-hydrogen) atoms. The molecule has 0 aliphatic heterocycles. The highest BCUT2D eigenvalue weighted by atomic mass is 35.5. The summed E-state index contributed by atoms with van der Waals surface area (Å²) in [5.74, 6) is -0.794. The number of phenols is 2. The molecule has 0 spiro atoms. The molecule has 7 heteroatoms. The van der Waals surface area contributed by atoms with Gasteiger partial charge in [-0.1, -0.05) is 31.5 Å². The Morgan fingerprint density at radius 2 is 1.92 bits per heavy atom. The molecule has 0 aliphatic rings. The Morgan fingerprint density at radius 1 is 1.23 bits per heavy atom. The van der Waals surface area contributed by atoms with Crippen molar-refractivity contribution in [3.05, 3.63) is 63.8 Å². The lowest BCUT2D eigenvalue weighted by Crippen LogP contribution is -2.26. The minimum absolute atomic E-state index is 0.00775. The Hall–Kier alpha value is -2.99. The van der Waals surface area contributed by atoms with Crippen LogP contribution in [0.4, 0.5) is 0 Å². The van der Waals surface area contributed by atoms with E-state index >= 15 is 0 Å². The van der Waals surface area contributed by atoms with E-state index in [4.69, 9.17) is 22.7 Å². The number of nitrogens with two attached hydrogens (primary N) is 1. The van der Waals surface area contributed by atoms with Gasteiger partial charge in [0.15, 0.2) is 0 Å². The number of allylic oxidation sites excluding steroid dienone is 1. The molecule has 2 aromatic rings. The molecule has 0 aromatic heterocycles. The Kier molecular flexibility index (Phi) is 5.90. The van der Waals surface area contributed by atoms with Crippen molar-refractivity contribution in [2.24, 2.45) is 5.73 Å². The summed E-state index contributed by atoms with van der Waals surface area (Å²) >= 11 is 5.88. The van der Waals surface area contributed by atoms with Gasteiger partial charge in [-0.2, -0.15) is 0 Å². The van der Waals surface area contributed by atoms with Crippen molar-refractivity contribution in [2.45, 2.75) is 19.8 Å². The maximum atomic E-state index is 12.4. The quantitative estimate of drug-likeness (QED) is 0.514. The number of nitrogens with one attached hydrogen (secondary N) is 2. The van der Waals surface area contributed by atoms with Crippen molar-refractivity contribution in [1.82, 2.24) is 5.32 Å². The van der Waals surface area contributed by atoms with Crippen LogP contribution in [0, 0.1) is 5.41 Å². The molecule has 6 nitrogen and oxygen atoms in total. The van der Waals surface area contributed by atoms with E-state index in [0.717, 1.165) is 6.21 Å². The molecule has 0 bridgehead atoms. The van der Waals surface area contributed by atoms with Crippen molar-refractivity contribution < 1.29 is 15.0 Å². The van der Waals surface area contributed by atoms with Crippen LogP contribution in [0.3, 0.4) is 0 Å². The third kappa shape index (κ3) is 4.15. The van der Waals surface area contributed by atoms with Gasteiger partial charge in [0, 0.05) is 28.4 Å². The van der Waals surface area contributed by atoms with Crippen molar-refractivity contribution >= 4 is 29.4 Å². The molecule has 0 fully saturated rings. The fourth-order valence-corrected chi connectivity index (χ4v) is 2.61. The molecule has 1 amide bonds. The first kappa shape index (κ1) is 19.3. The molecular formula is C19H20ClN3O3. The normalized spacial score (nSPS) is 11.8. The van der Waals surface area contributed by atoms with Crippen LogP contribution >= 0.6 is 11.6 Å². The molecule has 2 rings (SSSR count). The smallest absolute Gasteiger partial charge is 0.255 e. The van der Waals surface area contributed by atoms with E-state index in [1.807, 2.05) is 13.8 Å². The van der Waals surface area contributed by atoms with Gasteiger partial charge in [-0.05, 0) is 35.7 Å². The van der Waals surface area contributed by atoms with Gasteiger partial charge in [-0.15, -0.1) is 0 Å². The van der Waals surface area contributed by atoms with Crippen LogP contribution in [-0.2, 0) is 0 Å². The van der Waals surface area contributed by atoms with Gasteiger partial charge >= 0.3 is 0 Å². The zero-order valence-electron chi connectivity index (χ0n) is 14.4. The lowest BCUT2D eigenvalue weighted by Gasteiger charge is -2.15. The van der Waals surface area contributed by atoms with E-state index in [9.17, 15) is 15.0 Å². The topological polar surface area (TPSA) is 119 Å². The highest BCUT2D eigenvalue weighted by Crippen LogP contribution is 2.34. The maximum absolute atomic E-state index is 12.4. The molecule has 0 atom stereocenters. The van der Waals surface area contributed by atoms with Gasteiger partial charge in [0.2, 0.25) is 0 Å². The number of aromatic hydroxyl groups is 2. The van der Waals surface area contributed by atoms with E-state index in [2.05, 4.69) is 5.32 Å². The molecule has 0 saturated carbocycles. The summed E-state index contributed by atoms with van der Waals surface area (Å²) in [7, 11) is 0. The molecule has 0 unspecified atom stereocenters. The van der Waals surface area contributed by atoms with Gasteiger partial charge in [0.05, 0.1) is 11.4 Å². The number of hydrogen-bond donors (Lipinski definition) is 5. The Morgan fingerprint density at radius 3 is 2.50 bits per heavy atom. The van der Waals surface area contributed by atoms with Crippen LogP contribution in [0.25, 0.3) is 5.70 Å². The van der Waals surface area contributed by atoms with Crippen LogP contribution < -0.4 is 11.1 Å². The molecule has 0 saturated heterocycles. The molecule has 6 N–H and O–H groups in total. The van der Waals surface area contributed by atoms with E-state index in [0.29, 0.717) is 16.1 Å². The predicted molar refractivity (Wildman–Crippen MR) is 103 cm³/mol. The number of amides is 1. The molecule has 0 radical (unpaired) electrons. The SMILES string of the molecule is CC(C)c1cc(C(N)=C(C=N)NC(=O)c2cccc(Cl)c2)c(O)cc1O. The average molecular weight is 374 g/mol. The van der Waals surface area contributed by atoms with Gasteiger partial charge in [0.25, 0.3) is 5.91 Å². The van der Waals surface area contributed by atoms with Crippen LogP contribution in [0.5, 0.6) is 11.5 Å². The summed E-state index contributed by atoms with van der Waals surface area (Å²) in [5.41, 5.74) is 7.22. The second-order valence-electron chi connectivity index (χ2n) is 6.02. The minimum atomic E-state index is -0.490. The van der Waals surface area contributed by atoms with Gasteiger partial charge in [-0.25, -0.2) is 0 Å². The second kappa shape index (κ2) is 7.93. The highest BCUT2D eigenvalue weighted by Gasteiger charge is 2.17. The number of carbonyl (C=O) groups excluding carboxylic acids is 1. The first-order valence-corrected chi connectivity index (χ1v) is 8.25. The lowest BCUT2D eigenvalue weighted by atomic mass is 9.97. The standard InChI is InChI=1S/C19H20ClN3O3/c1-10(2)13-7-14(17(25)8-16(13)24)18(22)15(9-21)23-19(26)11-4-3-5-12(20)6-11/h3-10,21,24-25H,22H2,1-2H3,(H,23,26). The van der Waals surface area contributed by atoms with Crippen molar-refractivity contribution in [3.8, 4) is 11.5 Å². The van der Waals surface area contributed by atoms with Crippen LogP contribution in [-0.4, -0.2) is 22.3 Å². The Labute approximate surface area is 156 Å². The third-order valence-corrected chi connectivity index (χ3v) is 4.06. The van der Waals surface area contributed by atoms with E-state index in [-0.39, 0.29) is 34.4 Å². The van der Waals surface area contributed by atoms with Crippen molar-refractivity contribution in [2.75, 3.05) is 0 Å². The summed E-state index contributed by atoms with van der Waals surface area (Å²) in [5, 5.41) is 30.6. The van der Waals surface area contributed by atoms with Crippen LogP contribution in [0.15, 0.2) is 42.1 Å². The van der Waals surface area contributed by atoms with Gasteiger partial charge in [0.1, 0.15) is 11.5 Å².